The van der Waals surface area contributed by atoms with Crippen LogP contribution < -0.4 is 16.0 Å². The average molecular weight is 662 g/mol. The number of amides is 1. The first-order chi connectivity index (χ1) is 22.5. The number of nitriles is 1. The van der Waals surface area contributed by atoms with Crippen molar-refractivity contribution in [3.63, 3.8) is 0 Å². The van der Waals surface area contributed by atoms with Crippen LogP contribution in [0.1, 0.15) is 83.3 Å². The first-order valence-corrected chi connectivity index (χ1v) is 17.6. The van der Waals surface area contributed by atoms with Gasteiger partial charge in [-0.3, -0.25) is 9.59 Å². The van der Waals surface area contributed by atoms with E-state index in [1.807, 2.05) is 49.9 Å². The predicted octanol–water partition coefficient (Wildman–Crippen LogP) is 5.78. The number of hydrogen-bond donors (Lipinski definition) is 3. The van der Waals surface area contributed by atoms with Crippen LogP contribution >= 0.6 is 11.6 Å². The number of benzene rings is 1. The van der Waals surface area contributed by atoms with Crippen LogP contribution in [0.5, 0.6) is 0 Å². The molecule has 5 atom stereocenters. The molecule has 4 saturated carbocycles. The van der Waals surface area contributed by atoms with Gasteiger partial charge >= 0.3 is 5.97 Å². The molecule has 3 unspecified atom stereocenters. The Labute approximate surface area is 283 Å². The average Bonchev–Trinajstić information content (AvgIpc) is 3.02. The number of nitrogens with zero attached hydrogens (tertiary/aromatic N) is 4. The fourth-order valence-corrected chi connectivity index (χ4v) is 9.04. The SMILES string of the molecule is CC(C)(C)OC(=O)CC1CCN(C(=O)CNC2[C@@H]3CC4C[C@H]2CC(CNc2nc(NCc5ccccc5Cl)ncc2C#N)(C4)C3)CC1. The molecule has 10 nitrogen and oxygen atoms in total. The van der Waals surface area contributed by atoms with E-state index >= 15 is 0 Å². The maximum Gasteiger partial charge on any atom is 0.306 e. The van der Waals surface area contributed by atoms with E-state index in [4.69, 9.17) is 16.3 Å². The van der Waals surface area contributed by atoms with Gasteiger partial charge in [0.15, 0.2) is 0 Å². The number of esters is 1. The Kier molecular flexibility index (Phi) is 9.95. The fourth-order valence-electron chi connectivity index (χ4n) is 8.84. The molecule has 252 valence electrons. The van der Waals surface area contributed by atoms with Crippen molar-refractivity contribution in [2.75, 3.05) is 36.8 Å². The molecule has 1 aromatic heterocycles. The number of likely N-dealkylation sites (tertiary alicyclic amines) is 1. The Bertz CT molecular complexity index is 1480. The van der Waals surface area contributed by atoms with E-state index in [-0.39, 0.29) is 23.2 Å². The van der Waals surface area contributed by atoms with Gasteiger partial charge in [0.1, 0.15) is 23.1 Å². The molecular formula is C36H48ClN7O3. The molecule has 47 heavy (non-hydrogen) atoms. The van der Waals surface area contributed by atoms with Crippen molar-refractivity contribution in [2.45, 2.75) is 90.3 Å². The van der Waals surface area contributed by atoms with Crippen LogP contribution in [0, 0.1) is 40.4 Å². The van der Waals surface area contributed by atoms with Crippen molar-refractivity contribution in [3.05, 3.63) is 46.6 Å². The zero-order chi connectivity index (χ0) is 33.2. The summed E-state index contributed by atoms with van der Waals surface area (Å²) in [5, 5.41) is 21.0. The first-order valence-electron chi connectivity index (χ1n) is 17.2. The zero-order valence-corrected chi connectivity index (χ0v) is 28.6. The van der Waals surface area contributed by atoms with Gasteiger partial charge in [-0.05, 0) is 106 Å². The monoisotopic (exact) mass is 661 g/mol. The summed E-state index contributed by atoms with van der Waals surface area (Å²) in [6, 6.07) is 10.3. The molecule has 0 radical (unpaired) electrons. The summed E-state index contributed by atoms with van der Waals surface area (Å²) < 4.78 is 5.50. The highest BCUT2D eigenvalue weighted by molar-refractivity contribution is 6.31. The molecule has 5 fully saturated rings. The maximum absolute atomic E-state index is 13.2. The number of hydrogen-bond acceptors (Lipinski definition) is 9. The molecule has 11 heteroatoms. The van der Waals surface area contributed by atoms with Crippen molar-refractivity contribution in [1.29, 1.82) is 5.26 Å². The third-order valence-electron chi connectivity index (χ3n) is 10.7. The van der Waals surface area contributed by atoms with E-state index in [0.29, 0.717) is 78.7 Å². The van der Waals surface area contributed by atoms with Crippen LogP contribution in [0.4, 0.5) is 11.8 Å². The number of nitrogens with one attached hydrogen (secondary N) is 3. The van der Waals surface area contributed by atoms with Crippen LogP contribution in [-0.4, -0.2) is 64.6 Å². The Morgan fingerprint density at radius 1 is 1.11 bits per heavy atom. The lowest BCUT2D eigenvalue weighted by atomic mass is 9.48. The predicted molar refractivity (Wildman–Crippen MR) is 182 cm³/mol. The number of carbonyl (C=O) groups is 2. The number of piperidine rings is 1. The summed E-state index contributed by atoms with van der Waals surface area (Å²) in [6.45, 7) is 8.72. The van der Waals surface area contributed by atoms with E-state index in [1.165, 1.54) is 19.3 Å². The normalized spacial score (nSPS) is 26.9. The lowest BCUT2D eigenvalue weighted by Crippen LogP contribution is -2.60. The topological polar surface area (TPSA) is 132 Å². The van der Waals surface area contributed by atoms with Gasteiger partial charge in [-0.25, -0.2) is 4.98 Å². The highest BCUT2D eigenvalue weighted by Crippen LogP contribution is 2.60. The van der Waals surface area contributed by atoms with Gasteiger partial charge in [0.05, 0.1) is 12.7 Å². The number of carbonyl (C=O) groups excluding carboxylic acids is 2. The summed E-state index contributed by atoms with van der Waals surface area (Å²) >= 11 is 6.31. The second-order valence-corrected chi connectivity index (χ2v) is 15.8. The van der Waals surface area contributed by atoms with Crippen molar-refractivity contribution in [3.8, 4) is 6.07 Å². The third kappa shape index (κ3) is 8.18. The number of anilines is 2. The van der Waals surface area contributed by atoms with Crippen LogP contribution in [-0.2, 0) is 20.9 Å². The Morgan fingerprint density at radius 2 is 1.83 bits per heavy atom. The summed E-state index contributed by atoms with van der Waals surface area (Å²) in [4.78, 5) is 36.5. The molecule has 7 rings (SSSR count). The van der Waals surface area contributed by atoms with Gasteiger partial charge in [0.25, 0.3) is 0 Å². The summed E-state index contributed by atoms with van der Waals surface area (Å²) in [7, 11) is 0. The van der Waals surface area contributed by atoms with Crippen molar-refractivity contribution < 1.29 is 14.3 Å². The van der Waals surface area contributed by atoms with Crippen LogP contribution in [0.25, 0.3) is 0 Å². The second kappa shape index (κ2) is 14.0. The number of ether oxygens (including phenoxy) is 1. The lowest BCUT2D eigenvalue weighted by Gasteiger charge is -2.60. The van der Waals surface area contributed by atoms with E-state index in [0.717, 1.165) is 37.8 Å². The van der Waals surface area contributed by atoms with Gasteiger partial charge in [0, 0.05) is 43.7 Å². The molecular weight excluding hydrogens is 614 g/mol. The highest BCUT2D eigenvalue weighted by Gasteiger charge is 2.55. The highest BCUT2D eigenvalue weighted by atomic mass is 35.5. The molecule has 4 bridgehead atoms. The zero-order valence-electron chi connectivity index (χ0n) is 27.9. The molecule has 0 spiro atoms. The minimum Gasteiger partial charge on any atom is -0.460 e. The van der Waals surface area contributed by atoms with Gasteiger partial charge in [0.2, 0.25) is 11.9 Å². The van der Waals surface area contributed by atoms with Gasteiger partial charge in [-0.15, -0.1) is 0 Å². The molecule has 2 heterocycles. The quantitative estimate of drug-likeness (QED) is 0.256. The standard InChI is InChI=1S/C36H48ClN7O3/c1-35(2,3)47-31(46)14-23-8-10-44(11-9-23)30(45)21-39-32-26-12-24-13-27(32)17-36(15-24,16-26)22-42-33-28(18-38)20-41-34(43-33)40-19-25-6-4-5-7-29(25)37/h4-7,20,23-24,26-27,32,39H,8-17,19,21-22H2,1-3H3,(H2,40,41,42,43)/t24?,26-,27+,32?,36?. The summed E-state index contributed by atoms with van der Waals surface area (Å²) in [5.41, 5.74) is 1.09. The van der Waals surface area contributed by atoms with E-state index in [9.17, 15) is 14.9 Å². The van der Waals surface area contributed by atoms with Crippen molar-refractivity contribution in [2.24, 2.45) is 29.1 Å². The number of rotatable bonds is 11. The number of aromatic nitrogens is 2. The van der Waals surface area contributed by atoms with E-state index < -0.39 is 5.60 Å². The molecule has 5 aliphatic rings. The molecule has 1 aliphatic heterocycles. The second-order valence-electron chi connectivity index (χ2n) is 15.4. The van der Waals surface area contributed by atoms with E-state index in [1.54, 1.807) is 6.20 Å². The Morgan fingerprint density at radius 3 is 2.51 bits per heavy atom. The summed E-state index contributed by atoms with van der Waals surface area (Å²) in [6.07, 6.45) is 9.54. The van der Waals surface area contributed by atoms with Crippen LogP contribution in [0.3, 0.4) is 0 Å². The van der Waals surface area contributed by atoms with Gasteiger partial charge in [-0.2, -0.15) is 10.2 Å². The van der Waals surface area contributed by atoms with Crippen molar-refractivity contribution >= 4 is 35.2 Å². The molecule has 1 aromatic carbocycles. The fraction of sp³-hybridized carbons (Fsp3) is 0.639. The Hall–Kier alpha value is -3.42. The van der Waals surface area contributed by atoms with Crippen LogP contribution in [0.15, 0.2) is 30.5 Å². The van der Waals surface area contributed by atoms with Crippen LogP contribution in [0.2, 0.25) is 5.02 Å². The minimum absolute atomic E-state index is 0.146. The van der Waals surface area contributed by atoms with E-state index in [2.05, 4.69) is 32.0 Å². The smallest absolute Gasteiger partial charge is 0.306 e. The molecule has 1 amide bonds. The maximum atomic E-state index is 13.2. The van der Waals surface area contributed by atoms with Gasteiger partial charge in [-0.1, -0.05) is 29.8 Å². The molecule has 4 aliphatic carbocycles. The first kappa shape index (κ1) is 33.5. The van der Waals surface area contributed by atoms with Crippen molar-refractivity contribution in [1.82, 2.24) is 20.2 Å². The largest absolute Gasteiger partial charge is 0.460 e. The number of halogens is 1. The minimum atomic E-state index is -0.467. The lowest BCUT2D eigenvalue weighted by molar-refractivity contribution is -0.156. The Balaban J connectivity index is 0.994. The molecule has 1 saturated heterocycles. The van der Waals surface area contributed by atoms with Gasteiger partial charge < -0.3 is 25.6 Å². The molecule has 2 aromatic rings. The third-order valence-corrected chi connectivity index (χ3v) is 11.0. The molecule has 3 N–H and O–H groups in total. The summed E-state index contributed by atoms with van der Waals surface area (Å²) in [5.74, 6) is 3.12.